The lowest BCUT2D eigenvalue weighted by molar-refractivity contribution is 0.0936. The van der Waals surface area contributed by atoms with E-state index in [0.717, 1.165) is 11.5 Å². The van der Waals surface area contributed by atoms with E-state index in [1.54, 1.807) is 14.0 Å². The van der Waals surface area contributed by atoms with Crippen LogP contribution in [0.15, 0.2) is 33.8 Å². The summed E-state index contributed by atoms with van der Waals surface area (Å²) in [6.45, 7) is 3.24. The third-order valence-electron chi connectivity index (χ3n) is 3.27. The maximum atomic E-state index is 5.88. The summed E-state index contributed by atoms with van der Waals surface area (Å²) in [5.41, 5.74) is 0. The van der Waals surface area contributed by atoms with Crippen molar-refractivity contribution in [2.24, 2.45) is 4.99 Å². The van der Waals surface area contributed by atoms with Gasteiger partial charge in [0, 0.05) is 7.05 Å². The van der Waals surface area contributed by atoms with Crippen molar-refractivity contribution in [3.8, 4) is 11.5 Å². The molecule has 2 aromatic rings. The molecule has 1 atom stereocenters. The largest absolute Gasteiger partial charge is 0.486 e. The van der Waals surface area contributed by atoms with E-state index in [9.17, 15) is 0 Å². The molecule has 0 fully saturated rings. The number of ether oxygens (including phenoxy) is 2. The predicted molar refractivity (Wildman–Crippen MR) is 99.0 cm³/mol. The highest BCUT2D eigenvalue weighted by atomic mass is 127. The Labute approximate surface area is 157 Å². The Balaban J connectivity index is 0.00000208. The Morgan fingerprint density at radius 3 is 2.79 bits per heavy atom. The smallest absolute Gasteiger partial charge is 0.246 e. The van der Waals surface area contributed by atoms with E-state index in [-0.39, 0.29) is 30.1 Å². The van der Waals surface area contributed by atoms with E-state index in [1.807, 2.05) is 24.3 Å². The second kappa shape index (κ2) is 8.71. The van der Waals surface area contributed by atoms with Crippen LogP contribution in [-0.2, 0) is 6.54 Å². The molecule has 0 aliphatic carbocycles. The molecule has 130 valence electrons. The first-order valence-corrected chi connectivity index (χ1v) is 7.37. The van der Waals surface area contributed by atoms with Crippen LogP contribution in [0, 0.1) is 6.92 Å². The van der Waals surface area contributed by atoms with Crippen molar-refractivity contribution >= 4 is 29.9 Å². The van der Waals surface area contributed by atoms with Gasteiger partial charge in [-0.05, 0) is 19.1 Å². The fourth-order valence-corrected chi connectivity index (χ4v) is 2.17. The molecule has 1 aromatic heterocycles. The summed E-state index contributed by atoms with van der Waals surface area (Å²) < 4.78 is 16.6. The number of guanidine groups is 1. The normalized spacial score (nSPS) is 16.2. The van der Waals surface area contributed by atoms with Gasteiger partial charge in [-0.2, -0.15) is 4.98 Å². The predicted octanol–water partition coefficient (Wildman–Crippen LogP) is 1.50. The van der Waals surface area contributed by atoms with Gasteiger partial charge in [0.25, 0.3) is 0 Å². The molecule has 0 amide bonds. The molecule has 3 rings (SSSR count). The van der Waals surface area contributed by atoms with Crippen molar-refractivity contribution in [2.45, 2.75) is 19.6 Å². The van der Waals surface area contributed by atoms with Crippen LogP contribution in [-0.4, -0.2) is 42.4 Å². The van der Waals surface area contributed by atoms with Crippen molar-refractivity contribution < 1.29 is 14.0 Å². The van der Waals surface area contributed by atoms with Crippen LogP contribution in [0.3, 0.4) is 0 Å². The van der Waals surface area contributed by atoms with Crippen LogP contribution in [0.25, 0.3) is 0 Å². The van der Waals surface area contributed by atoms with Gasteiger partial charge >= 0.3 is 0 Å². The molecule has 0 saturated carbocycles. The molecule has 1 aliphatic heterocycles. The molecule has 0 spiro atoms. The molecule has 8 nitrogen and oxygen atoms in total. The van der Waals surface area contributed by atoms with E-state index in [0.29, 0.717) is 37.4 Å². The molecule has 1 unspecified atom stereocenters. The van der Waals surface area contributed by atoms with E-state index >= 15 is 0 Å². The lowest BCUT2D eigenvalue weighted by Gasteiger charge is -2.27. The first-order chi connectivity index (χ1) is 11.2. The number of fused-ring (bicyclic) bond motifs is 1. The van der Waals surface area contributed by atoms with Gasteiger partial charge in [-0.1, -0.05) is 17.3 Å². The maximum absolute atomic E-state index is 5.88. The third-order valence-corrected chi connectivity index (χ3v) is 3.27. The van der Waals surface area contributed by atoms with Crippen molar-refractivity contribution in [1.29, 1.82) is 0 Å². The quantitative estimate of drug-likeness (QED) is 0.419. The average molecular weight is 445 g/mol. The number of aryl methyl sites for hydroxylation is 1. The number of rotatable bonds is 4. The topological polar surface area (TPSA) is 93.8 Å². The lowest BCUT2D eigenvalue weighted by atomic mass is 10.2. The zero-order valence-electron chi connectivity index (χ0n) is 13.5. The lowest BCUT2D eigenvalue weighted by Crippen LogP contribution is -2.45. The minimum Gasteiger partial charge on any atom is -0.486 e. The van der Waals surface area contributed by atoms with Gasteiger partial charge in [-0.15, -0.1) is 24.0 Å². The standard InChI is InChI=1S/C15H19N5O3.HI/c1-10-19-14(23-20-10)8-18-15(16-2)17-7-11-9-21-12-5-3-4-6-13(12)22-11;/h3-6,11H,7-9H2,1-2H3,(H2,16,17,18);1H. The molecule has 1 aromatic carbocycles. The van der Waals surface area contributed by atoms with E-state index in [4.69, 9.17) is 14.0 Å². The first-order valence-electron chi connectivity index (χ1n) is 7.37. The summed E-state index contributed by atoms with van der Waals surface area (Å²) in [6, 6.07) is 7.63. The minimum atomic E-state index is -0.0888. The fourth-order valence-electron chi connectivity index (χ4n) is 2.17. The molecular formula is C15H20IN5O3. The van der Waals surface area contributed by atoms with Crippen molar-refractivity contribution in [3.63, 3.8) is 0 Å². The second-order valence-electron chi connectivity index (χ2n) is 5.04. The summed E-state index contributed by atoms with van der Waals surface area (Å²) >= 11 is 0. The number of nitrogens with one attached hydrogen (secondary N) is 2. The fraction of sp³-hybridized carbons (Fsp3) is 0.400. The van der Waals surface area contributed by atoms with E-state index < -0.39 is 0 Å². The van der Waals surface area contributed by atoms with Crippen LogP contribution in [0.5, 0.6) is 11.5 Å². The number of para-hydroxylation sites is 2. The molecule has 0 saturated heterocycles. The Morgan fingerprint density at radius 2 is 2.08 bits per heavy atom. The first kappa shape index (κ1) is 18.3. The molecular weight excluding hydrogens is 425 g/mol. The van der Waals surface area contributed by atoms with Gasteiger partial charge in [-0.3, -0.25) is 4.99 Å². The van der Waals surface area contributed by atoms with Gasteiger partial charge in [0.05, 0.1) is 13.1 Å². The van der Waals surface area contributed by atoms with Crippen molar-refractivity contribution in [1.82, 2.24) is 20.8 Å². The van der Waals surface area contributed by atoms with Crippen molar-refractivity contribution in [3.05, 3.63) is 36.0 Å². The van der Waals surface area contributed by atoms with Gasteiger partial charge < -0.3 is 24.6 Å². The molecule has 9 heteroatoms. The van der Waals surface area contributed by atoms with Crippen molar-refractivity contribution in [2.75, 3.05) is 20.2 Å². The highest BCUT2D eigenvalue weighted by Gasteiger charge is 2.20. The molecule has 1 aliphatic rings. The highest BCUT2D eigenvalue weighted by Crippen LogP contribution is 2.30. The van der Waals surface area contributed by atoms with E-state index in [2.05, 4.69) is 25.8 Å². The highest BCUT2D eigenvalue weighted by molar-refractivity contribution is 14.0. The van der Waals surface area contributed by atoms with Gasteiger partial charge in [0.2, 0.25) is 5.89 Å². The molecule has 24 heavy (non-hydrogen) atoms. The summed E-state index contributed by atoms with van der Waals surface area (Å²) in [5.74, 6) is 3.28. The number of aromatic nitrogens is 2. The third kappa shape index (κ3) is 4.73. The number of benzene rings is 1. The molecule has 2 heterocycles. The Hall–Kier alpha value is -2.04. The van der Waals surface area contributed by atoms with E-state index in [1.165, 1.54) is 0 Å². The summed E-state index contributed by atoms with van der Waals surface area (Å²) in [5, 5.41) is 10.0. The van der Waals surface area contributed by atoms with Crippen LogP contribution >= 0.6 is 24.0 Å². The number of nitrogens with zero attached hydrogens (tertiary/aromatic N) is 3. The number of hydrogen-bond donors (Lipinski definition) is 2. The number of aliphatic imine (C=N–C) groups is 1. The summed E-state index contributed by atoms with van der Waals surface area (Å²) in [6.07, 6.45) is -0.0888. The SMILES string of the molecule is CN=C(NCc1nc(C)no1)NCC1COc2ccccc2O1.I. The minimum absolute atomic E-state index is 0. The molecule has 0 bridgehead atoms. The van der Waals surface area contributed by atoms with Gasteiger partial charge in [0.15, 0.2) is 23.3 Å². The zero-order valence-corrected chi connectivity index (χ0v) is 15.8. The Kier molecular flexibility index (Phi) is 6.64. The molecule has 2 N–H and O–H groups in total. The van der Waals surface area contributed by atoms with Crippen LogP contribution in [0.2, 0.25) is 0 Å². The molecule has 0 radical (unpaired) electrons. The average Bonchev–Trinajstić information content (AvgIpc) is 3.00. The van der Waals surface area contributed by atoms with Crippen LogP contribution in [0.4, 0.5) is 0 Å². The summed E-state index contributed by atoms with van der Waals surface area (Å²) in [7, 11) is 1.70. The van der Waals surface area contributed by atoms with Crippen LogP contribution in [0.1, 0.15) is 11.7 Å². The summed E-state index contributed by atoms with van der Waals surface area (Å²) in [4.78, 5) is 8.27. The maximum Gasteiger partial charge on any atom is 0.246 e. The van der Waals surface area contributed by atoms with Gasteiger partial charge in [-0.25, -0.2) is 0 Å². The Morgan fingerprint density at radius 1 is 1.29 bits per heavy atom. The zero-order chi connectivity index (χ0) is 16.1. The number of halogens is 1. The monoisotopic (exact) mass is 445 g/mol. The number of hydrogen-bond acceptors (Lipinski definition) is 6. The van der Waals surface area contributed by atoms with Gasteiger partial charge in [0.1, 0.15) is 12.7 Å². The second-order valence-corrected chi connectivity index (χ2v) is 5.04. The van der Waals surface area contributed by atoms with Crippen LogP contribution < -0.4 is 20.1 Å². The Bertz CT molecular complexity index is 691.